The van der Waals surface area contributed by atoms with Gasteiger partial charge in [-0.1, -0.05) is 75.4 Å². The van der Waals surface area contributed by atoms with Gasteiger partial charge in [-0.3, -0.25) is 0 Å². The number of benzene rings is 1. The highest BCUT2D eigenvalue weighted by atomic mass is 14.5. The average molecular weight is 252 g/mol. The highest BCUT2D eigenvalue weighted by molar-refractivity contribution is 5.36. The Morgan fingerprint density at radius 3 is 2.32 bits per heavy atom. The van der Waals surface area contributed by atoms with Crippen molar-refractivity contribution in [1.82, 2.24) is 0 Å². The largest absolute Gasteiger partial charge is 0.0803 e. The van der Waals surface area contributed by atoms with Gasteiger partial charge in [-0.2, -0.15) is 0 Å². The van der Waals surface area contributed by atoms with Crippen LogP contribution < -0.4 is 0 Å². The summed E-state index contributed by atoms with van der Waals surface area (Å²) < 4.78 is 0. The molecule has 0 saturated heterocycles. The van der Waals surface area contributed by atoms with Crippen LogP contribution in [0.25, 0.3) is 0 Å². The van der Waals surface area contributed by atoms with Gasteiger partial charge in [0, 0.05) is 16.7 Å². The molecule has 0 amide bonds. The maximum absolute atomic E-state index is 2.53. The molecule has 19 heavy (non-hydrogen) atoms. The van der Waals surface area contributed by atoms with Gasteiger partial charge in [-0.05, 0) is 24.3 Å². The number of hydrogen-bond donors (Lipinski definition) is 0. The summed E-state index contributed by atoms with van der Waals surface area (Å²) in [6, 6.07) is 11.0. The van der Waals surface area contributed by atoms with Crippen LogP contribution in [0.3, 0.4) is 0 Å². The first-order chi connectivity index (χ1) is 9.06. The van der Waals surface area contributed by atoms with Gasteiger partial charge in [0.25, 0.3) is 0 Å². The molecule has 2 bridgehead atoms. The van der Waals surface area contributed by atoms with Gasteiger partial charge in [0.1, 0.15) is 0 Å². The van der Waals surface area contributed by atoms with Crippen LogP contribution in [0.15, 0.2) is 54.6 Å². The first kappa shape index (κ1) is 12.7. The molecule has 3 aliphatic rings. The summed E-state index contributed by atoms with van der Waals surface area (Å²) >= 11 is 0. The Balaban J connectivity index is 2.13. The minimum absolute atomic E-state index is 0.280. The number of hydrogen-bond acceptors (Lipinski definition) is 0. The SMILES string of the molecule is CC(C)C12C=CC(C)(C=C[C@@H]1c1ccccc1)CC2. The molecule has 0 nitrogen and oxygen atoms in total. The third-order valence-electron chi connectivity index (χ3n) is 5.35. The lowest BCUT2D eigenvalue weighted by atomic mass is 9.60. The fraction of sp³-hybridized carbons (Fsp3) is 0.474. The number of fused-ring (bicyclic) bond motifs is 2. The molecule has 4 rings (SSSR count). The molecule has 0 radical (unpaired) electrons. The van der Waals surface area contributed by atoms with Crippen molar-refractivity contribution in [3.05, 3.63) is 60.2 Å². The lowest BCUT2D eigenvalue weighted by Gasteiger charge is -2.44. The van der Waals surface area contributed by atoms with Crippen molar-refractivity contribution in [3.63, 3.8) is 0 Å². The number of rotatable bonds is 2. The molecule has 100 valence electrons. The van der Waals surface area contributed by atoms with E-state index in [2.05, 4.69) is 75.4 Å². The second-order valence-electron chi connectivity index (χ2n) is 6.85. The molecule has 1 aromatic rings. The van der Waals surface area contributed by atoms with Gasteiger partial charge in [0.2, 0.25) is 0 Å². The molecule has 0 saturated carbocycles. The monoisotopic (exact) mass is 252 g/mol. The zero-order valence-electron chi connectivity index (χ0n) is 12.3. The van der Waals surface area contributed by atoms with Crippen LogP contribution in [0.2, 0.25) is 0 Å². The molecule has 0 heteroatoms. The Kier molecular flexibility index (Phi) is 2.92. The van der Waals surface area contributed by atoms with Gasteiger partial charge < -0.3 is 0 Å². The third-order valence-corrected chi connectivity index (χ3v) is 5.35. The van der Waals surface area contributed by atoms with Crippen molar-refractivity contribution in [3.8, 4) is 0 Å². The maximum atomic E-state index is 2.53. The van der Waals surface area contributed by atoms with E-state index in [1.807, 2.05) is 0 Å². The van der Waals surface area contributed by atoms with Gasteiger partial charge in [-0.25, -0.2) is 0 Å². The molecule has 2 unspecified atom stereocenters. The van der Waals surface area contributed by atoms with Crippen molar-refractivity contribution in [2.75, 3.05) is 0 Å². The van der Waals surface area contributed by atoms with Gasteiger partial charge in [0.15, 0.2) is 0 Å². The van der Waals surface area contributed by atoms with Crippen LogP contribution in [0, 0.1) is 16.7 Å². The maximum Gasteiger partial charge on any atom is 0.0112 e. The summed E-state index contributed by atoms with van der Waals surface area (Å²) in [4.78, 5) is 0. The topological polar surface area (TPSA) is 0 Å². The van der Waals surface area contributed by atoms with E-state index in [1.165, 1.54) is 18.4 Å². The zero-order chi connectivity index (χ0) is 13.5. The summed E-state index contributed by atoms with van der Waals surface area (Å²) in [5, 5.41) is 0. The predicted octanol–water partition coefficient (Wildman–Crippen LogP) is 5.34. The Morgan fingerprint density at radius 2 is 1.74 bits per heavy atom. The van der Waals surface area contributed by atoms with E-state index in [0.717, 1.165) is 0 Å². The third kappa shape index (κ3) is 1.98. The molecule has 0 heterocycles. The second-order valence-corrected chi connectivity index (χ2v) is 6.85. The quantitative estimate of drug-likeness (QED) is 0.623. The summed E-state index contributed by atoms with van der Waals surface area (Å²) in [5.74, 6) is 1.19. The Labute approximate surface area is 117 Å². The molecule has 0 N–H and O–H groups in total. The van der Waals surface area contributed by atoms with Crippen molar-refractivity contribution in [2.45, 2.75) is 39.5 Å². The van der Waals surface area contributed by atoms with Crippen molar-refractivity contribution < 1.29 is 0 Å². The molecule has 0 spiro atoms. The van der Waals surface area contributed by atoms with E-state index in [9.17, 15) is 0 Å². The zero-order valence-corrected chi connectivity index (χ0v) is 12.3. The minimum atomic E-state index is 0.280. The van der Waals surface area contributed by atoms with Crippen LogP contribution in [0.5, 0.6) is 0 Å². The highest BCUT2D eigenvalue weighted by Gasteiger charge is 2.45. The number of allylic oxidation sites excluding steroid dienone is 4. The van der Waals surface area contributed by atoms with Gasteiger partial charge in [-0.15, -0.1) is 0 Å². The first-order valence-electron chi connectivity index (χ1n) is 7.50. The first-order valence-corrected chi connectivity index (χ1v) is 7.50. The van der Waals surface area contributed by atoms with Crippen LogP contribution >= 0.6 is 0 Å². The molecule has 0 aromatic heterocycles. The van der Waals surface area contributed by atoms with E-state index < -0.39 is 0 Å². The van der Waals surface area contributed by atoms with E-state index in [4.69, 9.17) is 0 Å². The van der Waals surface area contributed by atoms with Gasteiger partial charge >= 0.3 is 0 Å². The van der Waals surface area contributed by atoms with E-state index in [1.54, 1.807) is 0 Å². The summed E-state index contributed by atoms with van der Waals surface area (Å²) in [6.45, 7) is 7.11. The Hall–Kier alpha value is -1.30. The van der Waals surface area contributed by atoms with Crippen LogP contribution in [-0.4, -0.2) is 0 Å². The summed E-state index contributed by atoms with van der Waals surface area (Å²) in [7, 11) is 0. The highest BCUT2D eigenvalue weighted by Crippen LogP contribution is 2.56. The lowest BCUT2D eigenvalue weighted by Crippen LogP contribution is -2.34. The fourth-order valence-corrected chi connectivity index (χ4v) is 3.81. The van der Waals surface area contributed by atoms with Crippen LogP contribution in [0.1, 0.15) is 45.1 Å². The van der Waals surface area contributed by atoms with Gasteiger partial charge in [0.05, 0.1) is 0 Å². The predicted molar refractivity (Wildman–Crippen MR) is 82.1 cm³/mol. The van der Waals surface area contributed by atoms with Crippen molar-refractivity contribution in [2.24, 2.45) is 16.7 Å². The normalized spacial score (nSPS) is 36.7. The molecule has 0 aliphatic heterocycles. The molecule has 3 aliphatic carbocycles. The molecule has 0 fully saturated rings. The Bertz CT molecular complexity index is 508. The second kappa shape index (κ2) is 4.37. The standard InChI is InChI=1S/C19H24/c1-15(2)19-13-11-18(3,12-14-19)10-9-17(19)16-7-5-4-6-8-16/h4-11,13,15,17H,12,14H2,1-3H3/t17-,18?,19?/m1/s1. The molecule has 1 aromatic carbocycles. The van der Waals surface area contributed by atoms with E-state index in [-0.39, 0.29) is 5.41 Å². The minimum Gasteiger partial charge on any atom is -0.0803 e. The van der Waals surface area contributed by atoms with Crippen LogP contribution in [0.4, 0.5) is 0 Å². The molecular formula is C19H24. The molecular weight excluding hydrogens is 228 g/mol. The average Bonchev–Trinajstić information content (AvgIpc) is 2.66. The van der Waals surface area contributed by atoms with Crippen molar-refractivity contribution in [1.29, 1.82) is 0 Å². The van der Waals surface area contributed by atoms with Crippen molar-refractivity contribution >= 4 is 0 Å². The smallest absolute Gasteiger partial charge is 0.0112 e. The summed E-state index contributed by atoms with van der Waals surface area (Å²) in [5.41, 5.74) is 2.04. The van der Waals surface area contributed by atoms with E-state index >= 15 is 0 Å². The fourth-order valence-electron chi connectivity index (χ4n) is 3.81. The summed E-state index contributed by atoms with van der Waals surface area (Å²) in [6.07, 6.45) is 12.5. The van der Waals surface area contributed by atoms with E-state index in [0.29, 0.717) is 17.3 Å². The lowest BCUT2D eigenvalue weighted by molar-refractivity contribution is 0.188. The Morgan fingerprint density at radius 1 is 1.00 bits per heavy atom. The van der Waals surface area contributed by atoms with Crippen LogP contribution in [-0.2, 0) is 0 Å². The molecule has 3 atom stereocenters.